The topological polar surface area (TPSA) is 9.23 Å². The molecule has 0 spiro atoms. The third kappa shape index (κ3) is 6.78. The number of ether oxygens (including phenoxy) is 1. The maximum absolute atomic E-state index is 5.69. The number of unbranched alkanes of at least 4 members (excludes halogenated alkanes) is 7. The van der Waals surface area contributed by atoms with E-state index in [2.05, 4.69) is 6.92 Å². The minimum absolute atomic E-state index is 0.563. The quantitative estimate of drug-likeness (QED) is 0.428. The van der Waals surface area contributed by atoms with Gasteiger partial charge in [0.15, 0.2) is 0 Å². The van der Waals surface area contributed by atoms with Gasteiger partial charge in [-0.2, -0.15) is 0 Å². The van der Waals surface area contributed by atoms with Crippen molar-refractivity contribution in [1.29, 1.82) is 0 Å². The zero-order chi connectivity index (χ0) is 13.1. The summed E-state index contributed by atoms with van der Waals surface area (Å²) in [6, 6.07) is 0. The van der Waals surface area contributed by atoms with E-state index in [9.17, 15) is 0 Å². The first-order valence-corrected chi connectivity index (χ1v) is 8.41. The third-order valence-corrected chi connectivity index (χ3v) is 4.57. The summed E-state index contributed by atoms with van der Waals surface area (Å²) in [5.41, 5.74) is 0. The molecule has 1 nitrogen and oxygen atoms in total. The summed E-state index contributed by atoms with van der Waals surface area (Å²) >= 11 is 0. The minimum atomic E-state index is 0.563. The lowest BCUT2D eigenvalue weighted by molar-refractivity contribution is 0.0455. The van der Waals surface area contributed by atoms with Crippen LogP contribution >= 0.6 is 0 Å². The summed E-state index contributed by atoms with van der Waals surface area (Å²) in [6.07, 6.45) is 18.9. The van der Waals surface area contributed by atoms with Gasteiger partial charge >= 0.3 is 0 Å². The first kappa shape index (κ1) is 16.0. The van der Waals surface area contributed by atoms with Crippen LogP contribution in [0.15, 0.2) is 0 Å². The Balaban J connectivity index is 1.92. The fourth-order valence-corrected chi connectivity index (χ4v) is 3.35. The molecule has 0 heterocycles. The van der Waals surface area contributed by atoms with Gasteiger partial charge in [0.1, 0.15) is 0 Å². The van der Waals surface area contributed by atoms with Crippen LogP contribution in [0.3, 0.4) is 0 Å². The van der Waals surface area contributed by atoms with Crippen molar-refractivity contribution in [3.63, 3.8) is 0 Å². The fourth-order valence-electron chi connectivity index (χ4n) is 3.35. The molecular formula is C17H34O. The maximum Gasteiger partial charge on any atom is 0.0599 e. The van der Waals surface area contributed by atoms with E-state index >= 15 is 0 Å². The molecule has 1 rings (SSSR count). The second-order valence-electron chi connectivity index (χ2n) is 6.08. The molecule has 0 aromatic rings. The van der Waals surface area contributed by atoms with Crippen LogP contribution in [0.2, 0.25) is 0 Å². The monoisotopic (exact) mass is 254 g/mol. The summed E-state index contributed by atoms with van der Waals surface area (Å²) in [5, 5.41) is 0. The van der Waals surface area contributed by atoms with E-state index in [-0.39, 0.29) is 0 Å². The number of rotatable bonds is 11. The van der Waals surface area contributed by atoms with Crippen LogP contribution in [0.25, 0.3) is 0 Å². The Morgan fingerprint density at radius 2 is 1.44 bits per heavy atom. The van der Waals surface area contributed by atoms with Gasteiger partial charge in [-0.25, -0.2) is 0 Å². The molecule has 0 aromatic carbocycles. The van der Waals surface area contributed by atoms with Crippen molar-refractivity contribution in [3.05, 3.63) is 0 Å². The molecule has 1 heteroatoms. The van der Waals surface area contributed by atoms with E-state index in [0.29, 0.717) is 6.10 Å². The van der Waals surface area contributed by atoms with Gasteiger partial charge in [0, 0.05) is 7.11 Å². The molecule has 0 radical (unpaired) electrons. The van der Waals surface area contributed by atoms with E-state index < -0.39 is 0 Å². The number of hydrogen-bond acceptors (Lipinski definition) is 1. The second-order valence-corrected chi connectivity index (χ2v) is 6.08. The lowest BCUT2D eigenvalue weighted by Gasteiger charge is -2.21. The van der Waals surface area contributed by atoms with Gasteiger partial charge in [-0.1, -0.05) is 71.1 Å². The molecule has 1 aliphatic rings. The van der Waals surface area contributed by atoms with Gasteiger partial charge < -0.3 is 4.74 Å². The Morgan fingerprint density at radius 1 is 0.889 bits per heavy atom. The predicted octanol–water partition coefficient (Wildman–Crippen LogP) is 5.72. The van der Waals surface area contributed by atoms with Crippen LogP contribution in [0, 0.1) is 5.92 Å². The highest BCUT2D eigenvalue weighted by Crippen LogP contribution is 2.31. The van der Waals surface area contributed by atoms with Crippen LogP contribution in [-0.2, 0) is 4.74 Å². The van der Waals surface area contributed by atoms with E-state index in [1.807, 2.05) is 7.11 Å². The van der Waals surface area contributed by atoms with Gasteiger partial charge in [-0.15, -0.1) is 0 Å². The van der Waals surface area contributed by atoms with Gasteiger partial charge in [-0.3, -0.25) is 0 Å². The number of methoxy groups -OCH3 is 1. The zero-order valence-corrected chi connectivity index (χ0v) is 12.8. The molecule has 0 aliphatic heterocycles. The molecule has 1 saturated carbocycles. The lowest BCUT2D eigenvalue weighted by atomic mass is 9.95. The zero-order valence-electron chi connectivity index (χ0n) is 12.8. The Morgan fingerprint density at radius 3 is 2.00 bits per heavy atom. The van der Waals surface area contributed by atoms with E-state index in [0.717, 1.165) is 5.92 Å². The Hall–Kier alpha value is -0.0400. The first-order chi connectivity index (χ1) is 8.88. The lowest BCUT2D eigenvalue weighted by Crippen LogP contribution is -2.20. The molecule has 0 amide bonds. The summed E-state index contributed by atoms with van der Waals surface area (Å²) in [5.74, 6) is 0.875. The van der Waals surface area contributed by atoms with Crippen molar-refractivity contribution in [1.82, 2.24) is 0 Å². The standard InChI is InChI=1S/C17H34O/c1-3-4-5-6-7-8-9-10-15-17(18-2)16-13-11-12-14-16/h16-17H,3-15H2,1-2H3. The smallest absolute Gasteiger partial charge is 0.0599 e. The van der Waals surface area contributed by atoms with Crippen molar-refractivity contribution in [3.8, 4) is 0 Å². The predicted molar refractivity (Wildman–Crippen MR) is 80.0 cm³/mol. The Kier molecular flexibility index (Phi) is 9.65. The summed E-state index contributed by atoms with van der Waals surface area (Å²) < 4.78 is 5.69. The second kappa shape index (κ2) is 10.8. The van der Waals surface area contributed by atoms with Crippen LogP contribution in [0.1, 0.15) is 90.4 Å². The normalized spacial score (nSPS) is 18.3. The van der Waals surface area contributed by atoms with Crippen molar-refractivity contribution in [2.45, 2.75) is 96.5 Å². The van der Waals surface area contributed by atoms with Gasteiger partial charge in [0.25, 0.3) is 0 Å². The molecular weight excluding hydrogens is 220 g/mol. The highest BCUT2D eigenvalue weighted by atomic mass is 16.5. The Labute approximate surface area is 115 Å². The molecule has 1 aliphatic carbocycles. The molecule has 0 aromatic heterocycles. The van der Waals surface area contributed by atoms with Crippen LogP contribution in [-0.4, -0.2) is 13.2 Å². The first-order valence-electron chi connectivity index (χ1n) is 8.41. The van der Waals surface area contributed by atoms with E-state index in [1.165, 1.54) is 83.5 Å². The average Bonchev–Trinajstić information content (AvgIpc) is 2.91. The number of hydrogen-bond donors (Lipinski definition) is 0. The molecule has 0 N–H and O–H groups in total. The van der Waals surface area contributed by atoms with Crippen molar-refractivity contribution in [2.24, 2.45) is 5.92 Å². The van der Waals surface area contributed by atoms with E-state index in [4.69, 9.17) is 4.74 Å². The largest absolute Gasteiger partial charge is 0.381 e. The van der Waals surface area contributed by atoms with Gasteiger partial charge in [-0.05, 0) is 25.2 Å². The van der Waals surface area contributed by atoms with Crippen LogP contribution < -0.4 is 0 Å². The molecule has 0 saturated heterocycles. The van der Waals surface area contributed by atoms with Crippen molar-refractivity contribution in [2.75, 3.05) is 7.11 Å². The van der Waals surface area contributed by atoms with Crippen LogP contribution in [0.5, 0.6) is 0 Å². The van der Waals surface area contributed by atoms with Crippen molar-refractivity contribution < 1.29 is 4.74 Å². The van der Waals surface area contributed by atoms with E-state index in [1.54, 1.807) is 0 Å². The highest BCUT2D eigenvalue weighted by molar-refractivity contribution is 4.75. The van der Waals surface area contributed by atoms with Gasteiger partial charge in [0.05, 0.1) is 6.10 Å². The molecule has 18 heavy (non-hydrogen) atoms. The third-order valence-electron chi connectivity index (χ3n) is 4.57. The minimum Gasteiger partial charge on any atom is -0.381 e. The highest BCUT2D eigenvalue weighted by Gasteiger charge is 2.24. The summed E-state index contributed by atoms with van der Waals surface area (Å²) in [7, 11) is 1.91. The van der Waals surface area contributed by atoms with Crippen LogP contribution in [0.4, 0.5) is 0 Å². The fraction of sp³-hybridized carbons (Fsp3) is 1.00. The molecule has 1 unspecified atom stereocenters. The van der Waals surface area contributed by atoms with Gasteiger partial charge in [0.2, 0.25) is 0 Å². The molecule has 108 valence electrons. The molecule has 1 atom stereocenters. The maximum atomic E-state index is 5.69. The molecule has 0 bridgehead atoms. The Bertz CT molecular complexity index is 172. The summed E-state index contributed by atoms with van der Waals surface area (Å²) in [6.45, 7) is 2.29. The summed E-state index contributed by atoms with van der Waals surface area (Å²) in [4.78, 5) is 0. The van der Waals surface area contributed by atoms with Crippen molar-refractivity contribution >= 4 is 0 Å². The molecule has 1 fully saturated rings. The average molecular weight is 254 g/mol. The SMILES string of the molecule is CCCCCCCCCCC(OC)C1CCCC1.